The zero-order valence-corrected chi connectivity index (χ0v) is 11.1. The molecule has 0 radical (unpaired) electrons. The van der Waals surface area contributed by atoms with Crippen LogP contribution < -0.4 is 5.32 Å². The van der Waals surface area contributed by atoms with Crippen molar-refractivity contribution in [2.24, 2.45) is 0 Å². The van der Waals surface area contributed by atoms with Crippen LogP contribution in [-0.4, -0.2) is 10.9 Å². The van der Waals surface area contributed by atoms with Crippen molar-refractivity contribution in [3.63, 3.8) is 0 Å². The van der Waals surface area contributed by atoms with E-state index in [0.29, 0.717) is 10.4 Å². The molecule has 0 aliphatic heterocycles. The number of hydrogen-bond donors (Lipinski definition) is 1. The number of nitriles is 1. The van der Waals surface area contributed by atoms with Crippen LogP contribution in [0.4, 0.5) is 10.2 Å². The molecule has 0 unspecified atom stereocenters. The molecule has 1 amide bonds. The number of carbonyl (C=O) groups is 1. The van der Waals surface area contributed by atoms with Crippen molar-refractivity contribution in [1.82, 2.24) is 4.98 Å². The topological polar surface area (TPSA) is 65.8 Å². The molecule has 0 atom stereocenters. The highest BCUT2D eigenvalue weighted by atomic mass is 79.9. The molecule has 0 bridgehead atoms. The highest BCUT2D eigenvalue weighted by Crippen LogP contribution is 2.14. The predicted molar refractivity (Wildman–Crippen MR) is 71.0 cm³/mol. The van der Waals surface area contributed by atoms with Crippen LogP contribution in [0.2, 0.25) is 0 Å². The van der Waals surface area contributed by atoms with Gasteiger partial charge in [-0.05, 0) is 46.3 Å². The molecule has 0 aliphatic rings. The monoisotopic (exact) mass is 319 g/mol. The van der Waals surface area contributed by atoms with Gasteiger partial charge in [-0.1, -0.05) is 6.07 Å². The van der Waals surface area contributed by atoms with Gasteiger partial charge in [0.25, 0.3) is 5.91 Å². The second-order valence-corrected chi connectivity index (χ2v) is 4.42. The molecule has 6 heteroatoms. The van der Waals surface area contributed by atoms with E-state index in [1.807, 2.05) is 0 Å². The van der Waals surface area contributed by atoms with E-state index in [1.165, 1.54) is 12.1 Å². The van der Waals surface area contributed by atoms with Crippen molar-refractivity contribution < 1.29 is 9.18 Å². The minimum atomic E-state index is -0.744. The molecule has 0 fully saturated rings. The predicted octanol–water partition coefficient (Wildman–Crippen LogP) is 3.11. The maximum absolute atomic E-state index is 13.6. The molecule has 2 rings (SSSR count). The van der Waals surface area contributed by atoms with Crippen molar-refractivity contribution >= 4 is 27.7 Å². The van der Waals surface area contributed by atoms with Crippen molar-refractivity contribution in [3.05, 3.63) is 57.9 Å². The van der Waals surface area contributed by atoms with Gasteiger partial charge in [0.2, 0.25) is 0 Å². The summed E-state index contributed by atoms with van der Waals surface area (Å²) in [6, 6.07) is 10.5. The number of aromatic nitrogens is 1. The summed E-state index contributed by atoms with van der Waals surface area (Å²) < 4.78 is 14.2. The van der Waals surface area contributed by atoms with E-state index in [9.17, 15) is 9.18 Å². The Labute approximate surface area is 117 Å². The minimum absolute atomic E-state index is 0.138. The van der Waals surface area contributed by atoms with Gasteiger partial charge in [-0.25, -0.2) is 9.37 Å². The van der Waals surface area contributed by atoms with Gasteiger partial charge >= 0.3 is 0 Å². The van der Waals surface area contributed by atoms with Crippen molar-refractivity contribution in [2.75, 3.05) is 5.32 Å². The molecule has 1 aromatic heterocycles. The number of benzene rings is 1. The first-order valence-electron chi connectivity index (χ1n) is 5.23. The van der Waals surface area contributed by atoms with Crippen LogP contribution in [0.25, 0.3) is 0 Å². The van der Waals surface area contributed by atoms with E-state index < -0.39 is 11.7 Å². The summed E-state index contributed by atoms with van der Waals surface area (Å²) in [6.07, 6.45) is 0. The van der Waals surface area contributed by atoms with Gasteiger partial charge < -0.3 is 5.32 Å². The first-order chi connectivity index (χ1) is 9.10. The molecule has 0 saturated heterocycles. The number of rotatable bonds is 2. The highest BCUT2D eigenvalue weighted by molar-refractivity contribution is 9.10. The maximum atomic E-state index is 13.6. The van der Waals surface area contributed by atoms with Crippen LogP contribution in [0.1, 0.15) is 15.9 Å². The Morgan fingerprint density at radius 2 is 2.16 bits per heavy atom. The number of halogens is 2. The number of nitrogens with zero attached hydrogens (tertiary/aromatic N) is 2. The van der Waals surface area contributed by atoms with E-state index in [-0.39, 0.29) is 11.1 Å². The largest absolute Gasteiger partial charge is 0.306 e. The fourth-order valence-electron chi connectivity index (χ4n) is 1.43. The van der Waals surface area contributed by atoms with Crippen LogP contribution >= 0.6 is 15.9 Å². The van der Waals surface area contributed by atoms with Crippen LogP contribution in [0.3, 0.4) is 0 Å². The SMILES string of the molecule is N#Cc1ccc(C(=O)Nc2cccc(Br)n2)c(F)c1. The standard InChI is InChI=1S/C13H7BrFN3O/c14-11-2-1-3-12(17-11)18-13(19)9-5-4-8(7-16)6-10(9)15/h1-6H,(H,17,18,19). The maximum Gasteiger partial charge on any atom is 0.259 e. The fourth-order valence-corrected chi connectivity index (χ4v) is 1.77. The summed E-state index contributed by atoms with van der Waals surface area (Å²) in [6.45, 7) is 0. The second kappa shape index (κ2) is 5.59. The number of carbonyl (C=O) groups excluding carboxylic acids is 1. The Kier molecular flexibility index (Phi) is 3.88. The average Bonchev–Trinajstić information content (AvgIpc) is 2.38. The number of amides is 1. The second-order valence-electron chi connectivity index (χ2n) is 3.61. The Balaban J connectivity index is 2.23. The lowest BCUT2D eigenvalue weighted by molar-refractivity contribution is 0.102. The molecule has 94 valence electrons. The van der Waals surface area contributed by atoms with Crippen LogP contribution in [-0.2, 0) is 0 Å². The lowest BCUT2D eigenvalue weighted by Gasteiger charge is -2.05. The summed E-state index contributed by atoms with van der Waals surface area (Å²) in [5.74, 6) is -1.05. The Morgan fingerprint density at radius 3 is 2.79 bits per heavy atom. The Morgan fingerprint density at radius 1 is 1.37 bits per heavy atom. The number of pyridine rings is 1. The zero-order valence-electron chi connectivity index (χ0n) is 9.52. The summed E-state index contributed by atoms with van der Waals surface area (Å²) in [4.78, 5) is 15.9. The van der Waals surface area contributed by atoms with Gasteiger partial charge in [0, 0.05) is 0 Å². The molecule has 2 aromatic rings. The quantitative estimate of drug-likeness (QED) is 0.865. The van der Waals surface area contributed by atoms with Crippen molar-refractivity contribution in [1.29, 1.82) is 5.26 Å². The van der Waals surface area contributed by atoms with Gasteiger partial charge in [0.05, 0.1) is 17.2 Å². The Hall–Kier alpha value is -2.26. The molecule has 1 N–H and O–H groups in total. The molecule has 1 aromatic carbocycles. The van der Waals surface area contributed by atoms with E-state index in [2.05, 4.69) is 26.2 Å². The van der Waals surface area contributed by atoms with E-state index >= 15 is 0 Å². The number of anilines is 1. The van der Waals surface area contributed by atoms with Crippen molar-refractivity contribution in [2.45, 2.75) is 0 Å². The van der Waals surface area contributed by atoms with E-state index in [0.717, 1.165) is 6.07 Å². The van der Waals surface area contributed by atoms with Gasteiger partial charge in [-0.15, -0.1) is 0 Å². The van der Waals surface area contributed by atoms with Gasteiger partial charge in [-0.2, -0.15) is 5.26 Å². The van der Waals surface area contributed by atoms with E-state index in [1.54, 1.807) is 24.3 Å². The normalized spacial score (nSPS) is 9.74. The Bertz CT molecular complexity index is 682. The smallest absolute Gasteiger partial charge is 0.259 e. The zero-order chi connectivity index (χ0) is 13.8. The molecule has 1 heterocycles. The fraction of sp³-hybridized carbons (Fsp3) is 0. The first-order valence-corrected chi connectivity index (χ1v) is 6.03. The summed E-state index contributed by atoms with van der Waals surface area (Å²) in [7, 11) is 0. The average molecular weight is 320 g/mol. The summed E-state index contributed by atoms with van der Waals surface area (Å²) in [5, 5.41) is 11.1. The lowest BCUT2D eigenvalue weighted by atomic mass is 10.1. The van der Waals surface area contributed by atoms with E-state index in [4.69, 9.17) is 5.26 Å². The number of hydrogen-bond acceptors (Lipinski definition) is 3. The van der Waals surface area contributed by atoms with Crippen LogP contribution in [0.5, 0.6) is 0 Å². The third-order valence-corrected chi connectivity index (χ3v) is 2.74. The summed E-state index contributed by atoms with van der Waals surface area (Å²) >= 11 is 3.17. The van der Waals surface area contributed by atoms with Crippen LogP contribution in [0, 0.1) is 17.1 Å². The van der Waals surface area contributed by atoms with Gasteiger partial charge in [0.15, 0.2) is 0 Å². The molecule has 19 heavy (non-hydrogen) atoms. The highest BCUT2D eigenvalue weighted by Gasteiger charge is 2.13. The molecular formula is C13H7BrFN3O. The van der Waals surface area contributed by atoms with Crippen molar-refractivity contribution in [3.8, 4) is 6.07 Å². The third-order valence-electron chi connectivity index (χ3n) is 2.30. The summed E-state index contributed by atoms with van der Waals surface area (Å²) in [5.41, 5.74) is 0.0235. The first kappa shape index (κ1) is 13.2. The molecule has 0 saturated carbocycles. The number of nitrogens with one attached hydrogen (secondary N) is 1. The third kappa shape index (κ3) is 3.14. The lowest BCUT2D eigenvalue weighted by Crippen LogP contribution is -2.14. The van der Waals surface area contributed by atoms with Gasteiger partial charge in [-0.3, -0.25) is 4.79 Å². The molecule has 4 nitrogen and oxygen atoms in total. The molecule has 0 spiro atoms. The minimum Gasteiger partial charge on any atom is -0.306 e. The van der Waals surface area contributed by atoms with Gasteiger partial charge in [0.1, 0.15) is 16.2 Å². The molecule has 0 aliphatic carbocycles. The van der Waals surface area contributed by atoms with Crippen LogP contribution in [0.15, 0.2) is 41.0 Å². The molecular weight excluding hydrogens is 313 g/mol.